The molecule has 3 heterocycles. The number of rotatable bonds is 0. The fourth-order valence-electron chi connectivity index (χ4n) is 2.66. The Kier molecular flexibility index (Phi) is 2.10. The largest absolute Gasteiger partial charge is 0.354 e. The van der Waals surface area contributed by atoms with Crippen molar-refractivity contribution in [3.63, 3.8) is 0 Å². The molecule has 0 saturated carbocycles. The highest BCUT2D eigenvalue weighted by Crippen LogP contribution is 2.25. The highest BCUT2D eigenvalue weighted by molar-refractivity contribution is 5.63. The van der Waals surface area contributed by atoms with Crippen LogP contribution in [0.25, 0.3) is 5.70 Å². The molecule has 0 aromatic carbocycles. The maximum absolute atomic E-state index is 2.48. The molecule has 0 amide bonds. The Morgan fingerprint density at radius 2 is 2.25 bits per heavy atom. The normalized spacial score (nSPS) is 22.5. The highest BCUT2D eigenvalue weighted by Gasteiger charge is 2.31. The molecule has 2 aliphatic rings. The molecule has 0 spiro atoms. The number of aryl methyl sites for hydroxylation is 1. The molecule has 0 fully saturated rings. The van der Waals surface area contributed by atoms with Crippen molar-refractivity contribution in [1.82, 2.24) is 4.90 Å². The minimum atomic E-state index is 0.522. The van der Waals surface area contributed by atoms with Crippen LogP contribution in [0.3, 0.4) is 0 Å². The third kappa shape index (κ3) is 1.29. The van der Waals surface area contributed by atoms with Gasteiger partial charge in [-0.3, -0.25) is 0 Å². The first-order chi connectivity index (χ1) is 7.77. The molecule has 1 atom stereocenters. The minimum absolute atomic E-state index is 0.522. The summed E-state index contributed by atoms with van der Waals surface area (Å²) in [6, 6.07) is 7.07. The molecule has 0 aliphatic carbocycles. The molecule has 16 heavy (non-hydrogen) atoms. The molecule has 2 nitrogen and oxygen atoms in total. The molecule has 1 unspecified atom stereocenters. The summed E-state index contributed by atoms with van der Waals surface area (Å²) < 4.78 is 2.41. The first-order valence-electron chi connectivity index (χ1n) is 5.92. The van der Waals surface area contributed by atoms with Gasteiger partial charge in [0.1, 0.15) is 5.70 Å². The maximum atomic E-state index is 2.48. The van der Waals surface area contributed by atoms with E-state index < -0.39 is 0 Å². The predicted octanol–water partition coefficient (Wildman–Crippen LogP) is 1.90. The van der Waals surface area contributed by atoms with E-state index in [1.807, 2.05) is 0 Å². The van der Waals surface area contributed by atoms with Crippen LogP contribution in [0.2, 0.25) is 0 Å². The second-order valence-electron chi connectivity index (χ2n) is 4.57. The lowest BCUT2D eigenvalue weighted by Crippen LogP contribution is -2.53. The predicted molar refractivity (Wildman–Crippen MR) is 64.7 cm³/mol. The van der Waals surface area contributed by atoms with E-state index >= 15 is 0 Å². The zero-order chi connectivity index (χ0) is 11.1. The van der Waals surface area contributed by atoms with Gasteiger partial charge in [0.25, 0.3) is 0 Å². The first-order valence-corrected chi connectivity index (χ1v) is 5.92. The molecular weight excluding hydrogens is 196 g/mol. The van der Waals surface area contributed by atoms with Crippen LogP contribution in [0.15, 0.2) is 36.4 Å². The van der Waals surface area contributed by atoms with Crippen molar-refractivity contribution in [2.75, 3.05) is 6.54 Å². The Labute approximate surface area is 96.5 Å². The zero-order valence-corrected chi connectivity index (χ0v) is 9.85. The molecular formula is C14H17N2+. The molecule has 0 N–H and O–H groups in total. The Morgan fingerprint density at radius 1 is 1.38 bits per heavy atom. The van der Waals surface area contributed by atoms with E-state index in [1.54, 1.807) is 0 Å². The molecule has 1 aromatic rings. The molecule has 2 aliphatic heterocycles. The van der Waals surface area contributed by atoms with Crippen LogP contribution in [-0.4, -0.2) is 17.5 Å². The zero-order valence-electron chi connectivity index (χ0n) is 9.85. The monoisotopic (exact) mass is 213 g/mol. The number of nitrogens with zero attached hydrogens (tertiary/aromatic N) is 2. The number of aromatic nitrogens is 1. The van der Waals surface area contributed by atoms with E-state index in [4.69, 9.17) is 0 Å². The summed E-state index contributed by atoms with van der Waals surface area (Å²) >= 11 is 0. The van der Waals surface area contributed by atoms with E-state index in [2.05, 4.69) is 59.7 Å². The standard InChI is InChI=1S/C14H17N2/c1-11-5-3-7-13-14-8-4-6-12(2)16(14)10-9-15(11)13/h3-8,11H,9-10H2,1-2H3/q+1. The molecule has 0 bridgehead atoms. The van der Waals surface area contributed by atoms with Gasteiger partial charge in [0.15, 0.2) is 12.2 Å². The summed E-state index contributed by atoms with van der Waals surface area (Å²) in [5, 5.41) is 0. The van der Waals surface area contributed by atoms with Crippen LogP contribution in [-0.2, 0) is 6.54 Å². The average Bonchev–Trinajstić information content (AvgIpc) is 2.30. The Hall–Kier alpha value is -1.57. The van der Waals surface area contributed by atoms with E-state index in [1.165, 1.54) is 17.1 Å². The molecule has 3 rings (SSSR count). The second-order valence-corrected chi connectivity index (χ2v) is 4.57. The first kappa shape index (κ1) is 9.64. The van der Waals surface area contributed by atoms with Gasteiger partial charge in [-0.2, -0.15) is 4.57 Å². The topological polar surface area (TPSA) is 7.12 Å². The third-order valence-corrected chi connectivity index (χ3v) is 3.58. The van der Waals surface area contributed by atoms with Crippen molar-refractivity contribution in [3.8, 4) is 0 Å². The third-order valence-electron chi connectivity index (χ3n) is 3.58. The van der Waals surface area contributed by atoms with Gasteiger partial charge in [0, 0.05) is 25.1 Å². The summed E-state index contributed by atoms with van der Waals surface area (Å²) in [5.74, 6) is 0. The SMILES string of the molecule is Cc1cccc2[n+]1CCN1C2=CC=CC1C. The summed E-state index contributed by atoms with van der Waals surface area (Å²) in [6.07, 6.45) is 6.66. The summed E-state index contributed by atoms with van der Waals surface area (Å²) in [6.45, 7) is 6.65. The van der Waals surface area contributed by atoms with Gasteiger partial charge in [-0.1, -0.05) is 12.2 Å². The van der Waals surface area contributed by atoms with Gasteiger partial charge in [-0.25, -0.2) is 0 Å². The highest BCUT2D eigenvalue weighted by atomic mass is 15.2. The lowest BCUT2D eigenvalue weighted by Gasteiger charge is -2.35. The number of fused-ring (bicyclic) bond motifs is 3. The van der Waals surface area contributed by atoms with Crippen molar-refractivity contribution >= 4 is 5.70 Å². The average molecular weight is 213 g/mol. The van der Waals surface area contributed by atoms with E-state index in [-0.39, 0.29) is 0 Å². The lowest BCUT2D eigenvalue weighted by molar-refractivity contribution is -0.708. The van der Waals surface area contributed by atoms with E-state index in [0.717, 1.165) is 13.1 Å². The van der Waals surface area contributed by atoms with Crippen LogP contribution in [0.4, 0.5) is 0 Å². The van der Waals surface area contributed by atoms with Gasteiger partial charge in [0.2, 0.25) is 5.69 Å². The minimum Gasteiger partial charge on any atom is -0.354 e. The Bertz CT molecular complexity index is 486. The fraction of sp³-hybridized carbons (Fsp3) is 0.357. The molecule has 1 aromatic heterocycles. The van der Waals surface area contributed by atoms with Crippen LogP contribution in [0, 0.1) is 6.92 Å². The van der Waals surface area contributed by atoms with E-state index in [9.17, 15) is 0 Å². The quantitative estimate of drug-likeness (QED) is 0.597. The molecule has 0 radical (unpaired) electrons. The fourth-order valence-corrected chi connectivity index (χ4v) is 2.66. The van der Waals surface area contributed by atoms with Crippen LogP contribution < -0.4 is 4.57 Å². The van der Waals surface area contributed by atoms with Crippen LogP contribution in [0.1, 0.15) is 18.3 Å². The van der Waals surface area contributed by atoms with Crippen molar-refractivity contribution in [1.29, 1.82) is 0 Å². The molecule has 2 heteroatoms. The Morgan fingerprint density at radius 3 is 3.12 bits per heavy atom. The van der Waals surface area contributed by atoms with Crippen molar-refractivity contribution in [2.45, 2.75) is 26.4 Å². The van der Waals surface area contributed by atoms with Crippen LogP contribution >= 0.6 is 0 Å². The summed E-state index contributed by atoms with van der Waals surface area (Å²) in [4.78, 5) is 2.48. The number of pyridine rings is 1. The number of hydrogen-bond donors (Lipinski definition) is 0. The number of allylic oxidation sites excluding steroid dienone is 2. The van der Waals surface area contributed by atoms with E-state index in [0.29, 0.717) is 6.04 Å². The van der Waals surface area contributed by atoms with Gasteiger partial charge in [-0.15, -0.1) is 0 Å². The second kappa shape index (κ2) is 3.48. The smallest absolute Gasteiger partial charge is 0.229 e. The van der Waals surface area contributed by atoms with Gasteiger partial charge in [-0.05, 0) is 19.1 Å². The van der Waals surface area contributed by atoms with Crippen LogP contribution in [0.5, 0.6) is 0 Å². The van der Waals surface area contributed by atoms with Crippen molar-refractivity contribution in [2.24, 2.45) is 0 Å². The van der Waals surface area contributed by atoms with Crippen molar-refractivity contribution in [3.05, 3.63) is 47.8 Å². The summed E-state index contributed by atoms with van der Waals surface area (Å²) in [5.41, 5.74) is 4.06. The molecule has 0 saturated heterocycles. The van der Waals surface area contributed by atoms with Gasteiger partial charge in [0.05, 0.1) is 6.54 Å². The lowest BCUT2D eigenvalue weighted by atomic mass is 10.1. The van der Waals surface area contributed by atoms with Crippen molar-refractivity contribution < 1.29 is 4.57 Å². The van der Waals surface area contributed by atoms with Gasteiger partial charge >= 0.3 is 0 Å². The molecule has 82 valence electrons. The maximum Gasteiger partial charge on any atom is 0.229 e. The summed E-state index contributed by atoms with van der Waals surface area (Å²) in [7, 11) is 0. The Balaban J connectivity index is 2.16. The number of hydrogen-bond acceptors (Lipinski definition) is 1. The van der Waals surface area contributed by atoms with Gasteiger partial charge < -0.3 is 4.90 Å².